The third-order valence-electron chi connectivity index (χ3n) is 2.96. The average molecular weight is 254 g/mol. The van der Waals surface area contributed by atoms with Gasteiger partial charge in [-0.1, -0.05) is 18.2 Å². The fourth-order valence-electron chi connectivity index (χ4n) is 1.73. The minimum Gasteiger partial charge on any atom is -0.745 e. The van der Waals surface area contributed by atoms with Crippen LogP contribution in [-0.2, 0) is 10.1 Å². The summed E-state index contributed by atoms with van der Waals surface area (Å²) in [4.78, 5) is -2.26. The molecule has 0 bridgehead atoms. The monoisotopic (exact) mass is 254 g/mol. The molecule has 0 amide bonds. The standard InChI is InChI=1S/C10H16O4S.Na/c1-7(2)9-5-4-8(3)10(11,6-9)15(12,13)14;/h4,9,11H,1,5-6H2,2-3H3,(H,12,13,14);/q;+1/p-1. The summed E-state index contributed by atoms with van der Waals surface area (Å²) in [6.45, 7) is 6.94. The Morgan fingerprint density at radius 1 is 1.69 bits per heavy atom. The van der Waals surface area contributed by atoms with E-state index in [0.29, 0.717) is 6.42 Å². The van der Waals surface area contributed by atoms with Gasteiger partial charge in [-0.2, -0.15) is 0 Å². The van der Waals surface area contributed by atoms with Crippen LogP contribution in [0.2, 0.25) is 0 Å². The first-order chi connectivity index (χ1) is 6.68. The third kappa shape index (κ3) is 2.97. The van der Waals surface area contributed by atoms with E-state index >= 15 is 0 Å². The molecular formula is C10H15NaO4S. The average Bonchev–Trinajstić information content (AvgIpc) is 2.07. The predicted molar refractivity (Wildman–Crippen MR) is 55.9 cm³/mol. The summed E-state index contributed by atoms with van der Waals surface area (Å²) in [5.41, 5.74) is 0.996. The number of rotatable bonds is 2. The largest absolute Gasteiger partial charge is 1.00 e. The molecule has 1 aliphatic rings. The van der Waals surface area contributed by atoms with Crippen LogP contribution in [0.3, 0.4) is 0 Å². The molecule has 86 valence electrons. The van der Waals surface area contributed by atoms with Crippen molar-refractivity contribution in [3.05, 3.63) is 23.8 Å². The number of hydrogen-bond donors (Lipinski definition) is 1. The van der Waals surface area contributed by atoms with Gasteiger partial charge >= 0.3 is 29.6 Å². The second-order valence-corrected chi connectivity index (χ2v) is 5.69. The maximum atomic E-state index is 11.0. The van der Waals surface area contributed by atoms with Crippen LogP contribution >= 0.6 is 0 Å². The van der Waals surface area contributed by atoms with Crippen LogP contribution in [0.1, 0.15) is 26.7 Å². The van der Waals surface area contributed by atoms with Crippen LogP contribution in [0.15, 0.2) is 23.8 Å². The SMILES string of the molecule is C=C(C)C1CC=C(C)C(O)(S(=O)(=O)[O-])C1.[Na+]. The fourth-order valence-corrected chi connectivity index (χ4v) is 2.61. The van der Waals surface area contributed by atoms with Crippen molar-refractivity contribution in [3.8, 4) is 0 Å². The summed E-state index contributed by atoms with van der Waals surface area (Å²) in [6, 6.07) is 0. The summed E-state index contributed by atoms with van der Waals surface area (Å²) in [5.74, 6) is -0.151. The zero-order chi connectivity index (χ0) is 11.9. The molecule has 16 heavy (non-hydrogen) atoms. The van der Waals surface area contributed by atoms with Crippen LogP contribution in [0, 0.1) is 5.92 Å². The van der Waals surface area contributed by atoms with Gasteiger partial charge < -0.3 is 9.66 Å². The molecule has 0 aliphatic heterocycles. The first kappa shape index (κ1) is 16.4. The molecule has 0 aromatic rings. The quantitative estimate of drug-likeness (QED) is 0.357. The molecule has 4 nitrogen and oxygen atoms in total. The van der Waals surface area contributed by atoms with Crippen molar-refractivity contribution in [2.75, 3.05) is 0 Å². The van der Waals surface area contributed by atoms with Crippen molar-refractivity contribution in [1.82, 2.24) is 0 Å². The Morgan fingerprint density at radius 2 is 2.19 bits per heavy atom. The first-order valence-corrected chi connectivity index (χ1v) is 6.10. The second kappa shape index (κ2) is 5.33. The van der Waals surface area contributed by atoms with Gasteiger partial charge in [0.05, 0.1) is 0 Å². The zero-order valence-corrected chi connectivity index (χ0v) is 12.7. The molecule has 0 aromatic carbocycles. The van der Waals surface area contributed by atoms with E-state index in [2.05, 4.69) is 6.58 Å². The van der Waals surface area contributed by atoms with E-state index in [4.69, 9.17) is 0 Å². The van der Waals surface area contributed by atoms with Crippen LogP contribution in [0.4, 0.5) is 0 Å². The van der Waals surface area contributed by atoms with Crippen molar-refractivity contribution in [2.24, 2.45) is 5.92 Å². The van der Waals surface area contributed by atoms with Gasteiger partial charge in [-0.05, 0) is 31.8 Å². The van der Waals surface area contributed by atoms with Crippen molar-refractivity contribution in [2.45, 2.75) is 31.6 Å². The van der Waals surface area contributed by atoms with Crippen molar-refractivity contribution < 1.29 is 47.6 Å². The van der Waals surface area contributed by atoms with Crippen molar-refractivity contribution in [1.29, 1.82) is 0 Å². The van der Waals surface area contributed by atoms with E-state index in [1.807, 2.05) is 0 Å². The van der Waals surface area contributed by atoms with Gasteiger partial charge in [0.1, 0.15) is 10.1 Å². The molecule has 0 spiro atoms. The van der Waals surface area contributed by atoms with Gasteiger partial charge in [0.2, 0.25) is 0 Å². The summed E-state index contributed by atoms with van der Waals surface area (Å²) >= 11 is 0. The van der Waals surface area contributed by atoms with E-state index in [9.17, 15) is 18.1 Å². The summed E-state index contributed by atoms with van der Waals surface area (Å²) in [5, 5.41) is 9.89. The molecule has 0 heterocycles. The van der Waals surface area contributed by atoms with E-state index in [1.54, 1.807) is 13.0 Å². The zero-order valence-electron chi connectivity index (χ0n) is 9.86. The van der Waals surface area contributed by atoms with Gasteiger partial charge in [0, 0.05) is 6.42 Å². The van der Waals surface area contributed by atoms with Crippen LogP contribution in [0.25, 0.3) is 0 Å². The summed E-state index contributed by atoms with van der Waals surface area (Å²) in [7, 11) is -4.74. The molecule has 1 N–H and O–H groups in total. The predicted octanol–water partition coefficient (Wildman–Crippen LogP) is -1.84. The topological polar surface area (TPSA) is 77.4 Å². The van der Waals surface area contributed by atoms with Crippen molar-refractivity contribution >= 4 is 10.1 Å². The first-order valence-electron chi connectivity index (χ1n) is 4.69. The smallest absolute Gasteiger partial charge is 0.745 e. The molecule has 1 rings (SSSR count). The molecule has 0 aromatic heterocycles. The van der Waals surface area contributed by atoms with E-state index in [0.717, 1.165) is 5.57 Å². The maximum Gasteiger partial charge on any atom is 1.00 e. The molecule has 0 radical (unpaired) electrons. The Hall–Kier alpha value is 0.350. The minimum absolute atomic E-state index is 0. The van der Waals surface area contributed by atoms with Gasteiger partial charge in [-0.25, -0.2) is 8.42 Å². The molecule has 0 saturated carbocycles. The van der Waals surface area contributed by atoms with Gasteiger partial charge in [-0.15, -0.1) is 0 Å². The minimum atomic E-state index is -4.74. The number of hydrogen-bond acceptors (Lipinski definition) is 4. The van der Waals surface area contributed by atoms with Crippen molar-refractivity contribution in [3.63, 3.8) is 0 Å². The van der Waals surface area contributed by atoms with E-state index < -0.39 is 15.1 Å². The Kier molecular flexibility index (Phi) is 5.45. The molecular weight excluding hydrogens is 239 g/mol. The molecule has 1 aliphatic carbocycles. The Bertz CT molecular complexity index is 413. The molecule has 2 atom stereocenters. The van der Waals surface area contributed by atoms with Gasteiger partial charge in [0.25, 0.3) is 0 Å². The Balaban J connectivity index is 0.00000225. The third-order valence-corrected chi connectivity index (χ3v) is 4.27. The molecule has 2 unspecified atom stereocenters. The van der Waals surface area contributed by atoms with Crippen LogP contribution in [-0.4, -0.2) is 23.0 Å². The maximum absolute atomic E-state index is 11.0. The number of allylic oxidation sites excluding steroid dienone is 2. The van der Waals surface area contributed by atoms with E-state index in [-0.39, 0.29) is 47.5 Å². The fraction of sp³-hybridized carbons (Fsp3) is 0.600. The Labute approximate surface area is 118 Å². The molecule has 6 heteroatoms. The molecule has 0 saturated heterocycles. The van der Waals surface area contributed by atoms with Gasteiger partial charge in [-0.3, -0.25) is 0 Å². The molecule has 0 fully saturated rings. The van der Waals surface area contributed by atoms with Crippen LogP contribution < -0.4 is 29.6 Å². The Morgan fingerprint density at radius 3 is 2.56 bits per heavy atom. The van der Waals surface area contributed by atoms with E-state index in [1.165, 1.54) is 6.92 Å². The normalized spacial score (nSPS) is 30.2. The van der Waals surface area contributed by atoms with Gasteiger partial charge in [0.15, 0.2) is 4.93 Å². The number of aliphatic hydroxyl groups is 1. The second-order valence-electron chi connectivity index (χ2n) is 4.11. The van der Waals surface area contributed by atoms with Crippen LogP contribution in [0.5, 0.6) is 0 Å². The summed E-state index contributed by atoms with van der Waals surface area (Å²) in [6.07, 6.45) is 2.13. The summed E-state index contributed by atoms with van der Waals surface area (Å²) < 4.78 is 33.0.